The van der Waals surface area contributed by atoms with E-state index in [1.807, 2.05) is 0 Å². The average Bonchev–Trinajstić information content (AvgIpc) is 2.27. The molecule has 0 aromatic heterocycles. The fraction of sp³-hybridized carbons (Fsp3) is 0.364. The van der Waals surface area contributed by atoms with Crippen LogP contribution in [0.25, 0.3) is 0 Å². The molecule has 0 fully saturated rings. The average molecular weight is 352 g/mol. The lowest BCUT2D eigenvalue weighted by Gasteiger charge is -2.12. The summed E-state index contributed by atoms with van der Waals surface area (Å²) in [6.45, 7) is 1.92. The second-order valence-corrected chi connectivity index (χ2v) is 6.25. The van der Waals surface area contributed by atoms with E-state index in [-0.39, 0.29) is 21.5 Å². The van der Waals surface area contributed by atoms with Crippen LogP contribution in [0.4, 0.5) is 0 Å². The van der Waals surface area contributed by atoms with Crippen molar-refractivity contribution in [2.24, 2.45) is 5.14 Å². The maximum absolute atomic E-state index is 11.8. The van der Waals surface area contributed by atoms with E-state index in [2.05, 4.69) is 15.9 Å². The molecule has 1 unspecified atom stereocenters. The second-order valence-electron chi connectivity index (χ2n) is 3.86. The van der Waals surface area contributed by atoms with Crippen molar-refractivity contribution in [1.82, 2.24) is 0 Å². The highest BCUT2D eigenvalue weighted by Gasteiger charge is 2.18. The summed E-state index contributed by atoms with van der Waals surface area (Å²) in [6.07, 6.45) is -0.431. The zero-order valence-electron chi connectivity index (χ0n) is 10.4. The van der Waals surface area contributed by atoms with Gasteiger partial charge in [-0.05, 0) is 41.1 Å². The molecule has 0 amide bonds. The molecular formula is C11H14BrNO5S. The Bertz CT molecular complexity index is 572. The van der Waals surface area contributed by atoms with Crippen molar-refractivity contribution in [3.05, 3.63) is 28.2 Å². The molecule has 19 heavy (non-hydrogen) atoms. The highest BCUT2D eigenvalue weighted by atomic mass is 79.9. The molecule has 0 saturated carbocycles. The second kappa shape index (κ2) is 6.47. The maximum atomic E-state index is 11.8. The Hall–Kier alpha value is -0.960. The quantitative estimate of drug-likeness (QED) is 0.806. The molecular weight excluding hydrogens is 338 g/mol. The summed E-state index contributed by atoms with van der Waals surface area (Å²) in [5.74, 6) is -0.637. The molecule has 0 saturated heterocycles. The number of carbonyl (C=O) groups is 1. The minimum atomic E-state index is -3.91. The number of hydrogen-bond acceptors (Lipinski definition) is 5. The largest absolute Gasteiger partial charge is 0.457 e. The minimum Gasteiger partial charge on any atom is -0.457 e. The molecule has 0 heterocycles. The summed E-state index contributed by atoms with van der Waals surface area (Å²) < 4.78 is 32.9. The highest BCUT2D eigenvalue weighted by molar-refractivity contribution is 9.10. The number of halogens is 1. The van der Waals surface area contributed by atoms with Gasteiger partial charge < -0.3 is 9.47 Å². The molecule has 1 rings (SSSR count). The van der Waals surface area contributed by atoms with Crippen molar-refractivity contribution >= 4 is 31.9 Å². The molecule has 1 aromatic carbocycles. The van der Waals surface area contributed by atoms with Crippen LogP contribution in [0.15, 0.2) is 27.6 Å². The summed E-state index contributed by atoms with van der Waals surface area (Å²) in [4.78, 5) is 11.6. The Morgan fingerprint density at radius 3 is 2.63 bits per heavy atom. The number of rotatable bonds is 5. The smallest absolute Gasteiger partial charge is 0.338 e. The van der Waals surface area contributed by atoms with E-state index in [1.54, 1.807) is 6.92 Å². The van der Waals surface area contributed by atoms with Gasteiger partial charge in [-0.1, -0.05) is 0 Å². The van der Waals surface area contributed by atoms with Gasteiger partial charge >= 0.3 is 5.97 Å². The van der Waals surface area contributed by atoms with Crippen LogP contribution < -0.4 is 5.14 Å². The molecule has 106 valence electrons. The third kappa shape index (κ3) is 4.57. The fourth-order valence-corrected chi connectivity index (χ4v) is 2.92. The summed E-state index contributed by atoms with van der Waals surface area (Å²) >= 11 is 3.06. The number of ether oxygens (including phenoxy) is 2. The molecule has 2 N–H and O–H groups in total. The van der Waals surface area contributed by atoms with Crippen molar-refractivity contribution in [3.63, 3.8) is 0 Å². The van der Waals surface area contributed by atoms with Gasteiger partial charge in [0.25, 0.3) is 0 Å². The maximum Gasteiger partial charge on any atom is 0.338 e. The van der Waals surface area contributed by atoms with Gasteiger partial charge in [0.15, 0.2) is 0 Å². The standard InChI is InChI=1S/C11H14BrNO5S/c1-7(6-17-2)18-11(14)8-3-4-9(12)10(5-8)19(13,15)16/h3-5,7H,6H2,1-2H3,(H2,13,15,16). The van der Waals surface area contributed by atoms with Crippen LogP contribution in [-0.2, 0) is 19.5 Å². The number of benzene rings is 1. The summed E-state index contributed by atoms with van der Waals surface area (Å²) in [5.41, 5.74) is 0.107. The van der Waals surface area contributed by atoms with E-state index in [4.69, 9.17) is 14.6 Å². The van der Waals surface area contributed by atoms with E-state index >= 15 is 0 Å². The topological polar surface area (TPSA) is 95.7 Å². The summed E-state index contributed by atoms with van der Waals surface area (Å²) in [6, 6.07) is 4.04. The first kappa shape index (κ1) is 16.1. The Morgan fingerprint density at radius 2 is 2.11 bits per heavy atom. The normalized spacial score (nSPS) is 13.1. The molecule has 1 atom stereocenters. The molecule has 0 aliphatic rings. The zero-order chi connectivity index (χ0) is 14.6. The molecule has 8 heteroatoms. The SMILES string of the molecule is COCC(C)OC(=O)c1ccc(Br)c(S(N)(=O)=O)c1. The van der Waals surface area contributed by atoms with Gasteiger partial charge in [-0.15, -0.1) is 0 Å². The van der Waals surface area contributed by atoms with Crippen LogP contribution in [0.5, 0.6) is 0 Å². The van der Waals surface area contributed by atoms with Crippen molar-refractivity contribution in [3.8, 4) is 0 Å². The fourth-order valence-electron chi connectivity index (χ4n) is 1.37. The lowest BCUT2D eigenvalue weighted by Crippen LogP contribution is -2.20. The van der Waals surface area contributed by atoms with Crippen LogP contribution in [0.2, 0.25) is 0 Å². The first-order valence-electron chi connectivity index (χ1n) is 5.28. The van der Waals surface area contributed by atoms with Crippen LogP contribution in [0.1, 0.15) is 17.3 Å². The van der Waals surface area contributed by atoms with E-state index in [1.165, 1.54) is 25.3 Å². The summed E-state index contributed by atoms with van der Waals surface area (Å²) in [5, 5.41) is 5.05. The van der Waals surface area contributed by atoms with Gasteiger partial charge in [0.05, 0.1) is 17.1 Å². The van der Waals surface area contributed by atoms with Crippen LogP contribution in [-0.4, -0.2) is 34.2 Å². The molecule has 6 nitrogen and oxygen atoms in total. The predicted octanol–water partition coefficient (Wildman–Crippen LogP) is 1.29. The molecule has 1 aromatic rings. The number of primary sulfonamides is 1. The van der Waals surface area contributed by atoms with Crippen LogP contribution in [0, 0.1) is 0 Å². The highest BCUT2D eigenvalue weighted by Crippen LogP contribution is 2.22. The van der Waals surface area contributed by atoms with Crippen LogP contribution in [0.3, 0.4) is 0 Å². The number of hydrogen-bond donors (Lipinski definition) is 1. The molecule has 0 radical (unpaired) electrons. The van der Waals surface area contributed by atoms with Crippen LogP contribution >= 0.6 is 15.9 Å². The van der Waals surface area contributed by atoms with Crippen molar-refractivity contribution in [2.45, 2.75) is 17.9 Å². The van der Waals surface area contributed by atoms with Gasteiger partial charge in [0.1, 0.15) is 6.10 Å². The number of sulfonamides is 1. The molecule has 0 aliphatic heterocycles. The minimum absolute atomic E-state index is 0.107. The van der Waals surface area contributed by atoms with Crippen molar-refractivity contribution in [2.75, 3.05) is 13.7 Å². The van der Waals surface area contributed by atoms with E-state index < -0.39 is 22.1 Å². The van der Waals surface area contributed by atoms with E-state index in [0.29, 0.717) is 0 Å². The Kier molecular flexibility index (Phi) is 5.48. The van der Waals surface area contributed by atoms with E-state index in [9.17, 15) is 13.2 Å². The Morgan fingerprint density at radius 1 is 1.47 bits per heavy atom. The molecule has 0 spiro atoms. The number of nitrogens with two attached hydrogens (primary N) is 1. The Labute approximate surface area is 120 Å². The monoisotopic (exact) mass is 351 g/mol. The van der Waals surface area contributed by atoms with Gasteiger partial charge in [-0.3, -0.25) is 0 Å². The van der Waals surface area contributed by atoms with E-state index in [0.717, 1.165) is 0 Å². The van der Waals surface area contributed by atoms with Gasteiger partial charge in [0, 0.05) is 11.6 Å². The molecule has 0 aliphatic carbocycles. The summed E-state index contributed by atoms with van der Waals surface area (Å²) in [7, 11) is -2.42. The third-order valence-corrected chi connectivity index (χ3v) is 4.09. The van der Waals surface area contributed by atoms with Crippen molar-refractivity contribution in [1.29, 1.82) is 0 Å². The van der Waals surface area contributed by atoms with Gasteiger partial charge in [-0.25, -0.2) is 18.4 Å². The lowest BCUT2D eigenvalue weighted by atomic mass is 10.2. The zero-order valence-corrected chi connectivity index (χ0v) is 12.8. The van der Waals surface area contributed by atoms with Gasteiger partial charge in [0.2, 0.25) is 10.0 Å². The number of methoxy groups -OCH3 is 1. The lowest BCUT2D eigenvalue weighted by molar-refractivity contribution is 0.0120. The number of esters is 1. The predicted molar refractivity (Wildman–Crippen MR) is 72.3 cm³/mol. The third-order valence-electron chi connectivity index (χ3n) is 2.18. The van der Waals surface area contributed by atoms with Gasteiger partial charge in [-0.2, -0.15) is 0 Å². The number of carbonyl (C=O) groups excluding carboxylic acids is 1. The molecule has 0 bridgehead atoms. The Balaban J connectivity index is 3.00. The van der Waals surface area contributed by atoms with Crippen molar-refractivity contribution < 1.29 is 22.7 Å². The first-order valence-corrected chi connectivity index (χ1v) is 7.62. The first-order chi connectivity index (χ1) is 8.75.